The number of anilines is 1. The molecule has 1 amide bonds. The summed E-state index contributed by atoms with van der Waals surface area (Å²) in [5.41, 5.74) is 0.341. The molecule has 2 aromatic heterocycles. The van der Waals surface area contributed by atoms with Crippen LogP contribution < -0.4 is 9.64 Å². The Hall–Kier alpha value is -3.39. The first-order valence-electron chi connectivity index (χ1n) is 9.59. The lowest BCUT2D eigenvalue weighted by atomic mass is 9.99. The molecule has 0 bridgehead atoms. The van der Waals surface area contributed by atoms with Gasteiger partial charge >= 0.3 is 5.91 Å². The zero-order chi connectivity index (χ0) is 21.1. The highest BCUT2D eigenvalue weighted by Crippen LogP contribution is 2.42. The van der Waals surface area contributed by atoms with E-state index in [1.807, 2.05) is 0 Å². The minimum absolute atomic E-state index is 0.0455. The van der Waals surface area contributed by atoms with E-state index in [0.29, 0.717) is 28.8 Å². The number of aliphatic hydroxyl groups excluding tert-OH is 1. The van der Waals surface area contributed by atoms with Crippen molar-refractivity contribution < 1.29 is 23.8 Å². The number of carbonyl (C=O) groups is 2. The van der Waals surface area contributed by atoms with Gasteiger partial charge in [0.25, 0.3) is 5.78 Å². The van der Waals surface area contributed by atoms with E-state index in [1.54, 1.807) is 48.0 Å². The van der Waals surface area contributed by atoms with Crippen LogP contribution in [0.2, 0.25) is 0 Å². The third kappa shape index (κ3) is 3.61. The zero-order valence-electron chi connectivity index (χ0n) is 16.3. The van der Waals surface area contributed by atoms with Gasteiger partial charge in [0.1, 0.15) is 23.3 Å². The van der Waals surface area contributed by atoms with Crippen LogP contribution in [-0.4, -0.2) is 28.4 Å². The molecule has 3 aromatic rings. The Bertz CT molecular complexity index is 1070. The summed E-state index contributed by atoms with van der Waals surface area (Å²) >= 11 is 1.23. The van der Waals surface area contributed by atoms with Gasteiger partial charge in [-0.1, -0.05) is 25.5 Å². The second-order valence-corrected chi connectivity index (χ2v) is 7.60. The number of unbranched alkanes of at least 4 members (excludes halogenated alkanes) is 1. The fourth-order valence-electron chi connectivity index (χ4n) is 3.30. The Balaban J connectivity index is 1.79. The van der Waals surface area contributed by atoms with Crippen LogP contribution in [0.4, 0.5) is 5.13 Å². The van der Waals surface area contributed by atoms with Crippen LogP contribution in [0.1, 0.15) is 37.1 Å². The maximum atomic E-state index is 12.9. The number of hydrogen-bond donors (Lipinski definition) is 1. The van der Waals surface area contributed by atoms with Crippen LogP contribution in [-0.2, 0) is 9.59 Å². The van der Waals surface area contributed by atoms with E-state index >= 15 is 0 Å². The summed E-state index contributed by atoms with van der Waals surface area (Å²) in [5.74, 6) is -0.892. The molecule has 3 heterocycles. The number of thiazole rings is 1. The van der Waals surface area contributed by atoms with E-state index in [-0.39, 0.29) is 11.3 Å². The quantitative estimate of drug-likeness (QED) is 0.259. The van der Waals surface area contributed by atoms with Gasteiger partial charge in [0.2, 0.25) is 0 Å². The second-order valence-electron chi connectivity index (χ2n) is 6.73. The molecule has 0 radical (unpaired) electrons. The van der Waals surface area contributed by atoms with Gasteiger partial charge in [-0.25, -0.2) is 4.98 Å². The van der Waals surface area contributed by atoms with Gasteiger partial charge < -0.3 is 14.3 Å². The molecule has 0 spiro atoms. The van der Waals surface area contributed by atoms with Gasteiger partial charge in [0.15, 0.2) is 5.13 Å². The lowest BCUT2D eigenvalue weighted by Crippen LogP contribution is -2.29. The molecule has 8 heteroatoms. The number of aromatic nitrogens is 1. The largest absolute Gasteiger partial charge is 0.507 e. The molecule has 1 aromatic carbocycles. The van der Waals surface area contributed by atoms with Crippen LogP contribution in [0.25, 0.3) is 5.76 Å². The lowest BCUT2D eigenvalue weighted by Gasteiger charge is -2.20. The Morgan fingerprint density at radius 3 is 2.87 bits per heavy atom. The van der Waals surface area contributed by atoms with Crippen molar-refractivity contribution in [1.82, 2.24) is 4.98 Å². The fourth-order valence-corrected chi connectivity index (χ4v) is 3.97. The molecule has 1 saturated heterocycles. The summed E-state index contributed by atoms with van der Waals surface area (Å²) in [5, 5.41) is 13.1. The third-order valence-corrected chi connectivity index (χ3v) is 5.53. The Kier molecular flexibility index (Phi) is 5.67. The van der Waals surface area contributed by atoms with Gasteiger partial charge in [-0.15, -0.1) is 11.3 Å². The number of ether oxygens (including phenoxy) is 1. The topological polar surface area (TPSA) is 92.9 Å². The molecule has 1 fully saturated rings. The van der Waals surface area contributed by atoms with Crippen molar-refractivity contribution >= 4 is 33.9 Å². The molecule has 0 aliphatic carbocycles. The van der Waals surface area contributed by atoms with E-state index in [1.165, 1.54) is 22.5 Å². The minimum atomic E-state index is -0.907. The molecule has 154 valence electrons. The number of benzene rings is 1. The molecular weight excluding hydrogens is 404 g/mol. The van der Waals surface area contributed by atoms with Crippen molar-refractivity contribution in [2.75, 3.05) is 11.5 Å². The number of ketones is 1. The van der Waals surface area contributed by atoms with Crippen LogP contribution >= 0.6 is 11.3 Å². The average molecular weight is 424 g/mol. The SMILES string of the molecule is CCCCOc1cccc(/C(O)=C2\C(=O)C(=O)N(c3nccs3)C2c2ccco2)c1. The minimum Gasteiger partial charge on any atom is -0.507 e. The first-order chi connectivity index (χ1) is 14.6. The molecule has 7 nitrogen and oxygen atoms in total. The average Bonchev–Trinajstić information content (AvgIpc) is 3.50. The molecule has 1 aliphatic heterocycles. The zero-order valence-corrected chi connectivity index (χ0v) is 17.1. The molecule has 30 heavy (non-hydrogen) atoms. The Morgan fingerprint density at radius 1 is 1.30 bits per heavy atom. The molecule has 1 unspecified atom stereocenters. The summed E-state index contributed by atoms with van der Waals surface area (Å²) in [6.45, 7) is 2.63. The normalized spacial score (nSPS) is 18.2. The summed E-state index contributed by atoms with van der Waals surface area (Å²) in [6, 6.07) is 9.25. The predicted octanol–water partition coefficient (Wildman–Crippen LogP) is 4.54. The highest BCUT2D eigenvalue weighted by Gasteiger charge is 2.49. The highest BCUT2D eigenvalue weighted by molar-refractivity contribution is 7.14. The van der Waals surface area contributed by atoms with Gasteiger partial charge in [-0.05, 0) is 30.7 Å². The number of furan rings is 1. The second kappa shape index (κ2) is 8.54. The molecular formula is C22H20N2O5S. The van der Waals surface area contributed by atoms with E-state index in [2.05, 4.69) is 11.9 Å². The van der Waals surface area contributed by atoms with E-state index in [9.17, 15) is 14.7 Å². The first kappa shape index (κ1) is 19.9. The van der Waals surface area contributed by atoms with E-state index in [4.69, 9.17) is 9.15 Å². The van der Waals surface area contributed by atoms with Crippen molar-refractivity contribution in [2.24, 2.45) is 0 Å². The summed E-state index contributed by atoms with van der Waals surface area (Å²) in [4.78, 5) is 31.2. The molecule has 0 saturated carbocycles. The molecule has 1 aliphatic rings. The van der Waals surface area contributed by atoms with Gasteiger partial charge in [-0.2, -0.15) is 0 Å². The number of amides is 1. The van der Waals surface area contributed by atoms with Crippen LogP contribution in [0.3, 0.4) is 0 Å². The fraction of sp³-hybridized carbons (Fsp3) is 0.227. The lowest BCUT2D eigenvalue weighted by molar-refractivity contribution is -0.132. The molecule has 1 N–H and O–H groups in total. The van der Waals surface area contributed by atoms with Crippen molar-refractivity contribution in [2.45, 2.75) is 25.8 Å². The maximum Gasteiger partial charge on any atom is 0.302 e. The number of nitrogens with zero attached hydrogens (tertiary/aromatic N) is 2. The Morgan fingerprint density at radius 2 is 2.17 bits per heavy atom. The van der Waals surface area contributed by atoms with Gasteiger partial charge in [0.05, 0.1) is 18.4 Å². The number of carbonyl (C=O) groups excluding carboxylic acids is 2. The predicted molar refractivity (Wildman–Crippen MR) is 112 cm³/mol. The van der Waals surface area contributed by atoms with Gasteiger partial charge in [0, 0.05) is 17.1 Å². The maximum absolute atomic E-state index is 12.9. The monoisotopic (exact) mass is 424 g/mol. The van der Waals surface area contributed by atoms with Crippen molar-refractivity contribution in [1.29, 1.82) is 0 Å². The number of hydrogen-bond acceptors (Lipinski definition) is 7. The van der Waals surface area contributed by atoms with Crippen molar-refractivity contribution in [3.63, 3.8) is 0 Å². The summed E-state index contributed by atoms with van der Waals surface area (Å²) in [6.07, 6.45) is 4.92. The van der Waals surface area contributed by atoms with E-state index in [0.717, 1.165) is 12.8 Å². The van der Waals surface area contributed by atoms with Gasteiger partial charge in [-0.3, -0.25) is 14.5 Å². The molecule has 4 rings (SSSR count). The van der Waals surface area contributed by atoms with Crippen molar-refractivity contribution in [3.05, 3.63) is 71.1 Å². The standard InChI is InChI=1S/C22H20N2O5S/c1-2-3-10-28-15-7-4-6-14(13-15)19(25)17-18(16-8-5-11-29-16)24(21(27)20(17)26)22-23-9-12-30-22/h4-9,11-13,18,25H,2-3,10H2,1H3/b19-17+. The third-order valence-electron chi connectivity index (χ3n) is 4.76. The van der Waals surface area contributed by atoms with Crippen LogP contribution in [0.15, 0.2) is 64.2 Å². The smallest absolute Gasteiger partial charge is 0.302 e. The van der Waals surface area contributed by atoms with Crippen molar-refractivity contribution in [3.8, 4) is 5.75 Å². The number of aliphatic hydroxyl groups is 1. The highest BCUT2D eigenvalue weighted by atomic mass is 32.1. The Labute approximate surface area is 177 Å². The van der Waals surface area contributed by atoms with Crippen LogP contribution in [0, 0.1) is 0 Å². The number of rotatable bonds is 7. The van der Waals surface area contributed by atoms with E-state index < -0.39 is 17.7 Å². The number of Topliss-reactive ketones (excluding diaryl/α,β-unsaturated/α-hetero) is 1. The summed E-state index contributed by atoms with van der Waals surface area (Å²) in [7, 11) is 0. The van der Waals surface area contributed by atoms with Crippen LogP contribution in [0.5, 0.6) is 5.75 Å². The summed E-state index contributed by atoms with van der Waals surface area (Å²) < 4.78 is 11.2. The first-order valence-corrected chi connectivity index (χ1v) is 10.5. The molecule has 1 atom stereocenters.